The quantitative estimate of drug-likeness (QED) is 0.601. The van der Waals surface area contributed by atoms with Crippen molar-refractivity contribution in [3.8, 4) is 5.75 Å². The molecule has 3 nitrogen and oxygen atoms in total. The Morgan fingerprint density at radius 3 is 2.50 bits per heavy atom. The molecule has 0 heterocycles. The van der Waals surface area contributed by atoms with Crippen molar-refractivity contribution in [3.63, 3.8) is 0 Å². The van der Waals surface area contributed by atoms with Crippen LogP contribution in [0.15, 0.2) is 12.1 Å². The summed E-state index contributed by atoms with van der Waals surface area (Å²) in [5, 5.41) is -0.451. The highest BCUT2D eigenvalue weighted by Gasteiger charge is 2.09. The molecule has 0 fully saturated rings. The highest BCUT2D eigenvalue weighted by Crippen LogP contribution is 2.23. The van der Waals surface area contributed by atoms with Crippen molar-refractivity contribution in [2.24, 2.45) is 0 Å². The van der Waals surface area contributed by atoms with Gasteiger partial charge in [0.1, 0.15) is 5.75 Å². The normalized spacial score (nSPS) is 10.1. The zero-order chi connectivity index (χ0) is 12.3. The van der Waals surface area contributed by atoms with Gasteiger partial charge in [0.05, 0.1) is 7.11 Å². The number of carbonyl (C=O) groups excluding carboxylic acids is 1. The van der Waals surface area contributed by atoms with Crippen molar-refractivity contribution < 1.29 is 9.53 Å². The number of benzene rings is 1. The number of halogens is 1. The van der Waals surface area contributed by atoms with Crippen molar-refractivity contribution in [1.29, 1.82) is 0 Å². The minimum atomic E-state index is -0.451. The largest absolute Gasteiger partial charge is 0.496 e. The monoisotopic (exact) mass is 241 g/mol. The minimum Gasteiger partial charge on any atom is -0.496 e. The predicted octanol–water partition coefficient (Wildman–Crippen LogP) is 3.10. The van der Waals surface area contributed by atoms with Gasteiger partial charge in [0.25, 0.3) is 0 Å². The Labute approximate surface area is 101 Å². The van der Waals surface area contributed by atoms with E-state index in [1.807, 2.05) is 26.0 Å². The van der Waals surface area contributed by atoms with Gasteiger partial charge in [-0.1, -0.05) is 6.07 Å². The molecular formula is C12H16ClNO2. The summed E-state index contributed by atoms with van der Waals surface area (Å²) in [5.41, 5.74) is 3.22. The summed E-state index contributed by atoms with van der Waals surface area (Å²) in [6.45, 7) is 4.48. The summed E-state index contributed by atoms with van der Waals surface area (Å²) >= 11 is 5.39. The smallest absolute Gasteiger partial charge is 0.316 e. The van der Waals surface area contributed by atoms with Gasteiger partial charge < -0.3 is 9.64 Å². The van der Waals surface area contributed by atoms with Crippen LogP contribution in [0.1, 0.15) is 16.7 Å². The maximum atomic E-state index is 10.9. The van der Waals surface area contributed by atoms with Gasteiger partial charge in [-0.25, -0.2) is 0 Å². The number of amides is 1. The van der Waals surface area contributed by atoms with Crippen molar-refractivity contribution in [1.82, 2.24) is 4.90 Å². The lowest BCUT2D eigenvalue weighted by Crippen LogP contribution is -2.20. The number of methoxy groups -OCH3 is 1. The lowest BCUT2D eigenvalue weighted by Gasteiger charge is -2.16. The SMILES string of the molecule is COc1cc(C)c(CN(C)C(=O)Cl)cc1C. The molecule has 0 unspecified atom stereocenters. The van der Waals surface area contributed by atoms with Crippen LogP contribution >= 0.6 is 11.6 Å². The molecule has 4 heteroatoms. The van der Waals surface area contributed by atoms with E-state index in [1.165, 1.54) is 4.90 Å². The fourth-order valence-corrected chi connectivity index (χ4v) is 1.62. The van der Waals surface area contributed by atoms with Crippen LogP contribution in [0.25, 0.3) is 0 Å². The second kappa shape index (κ2) is 5.21. The summed E-state index contributed by atoms with van der Waals surface area (Å²) in [6.07, 6.45) is 0. The van der Waals surface area contributed by atoms with Crippen LogP contribution in [0.2, 0.25) is 0 Å². The first-order chi connectivity index (χ1) is 7.45. The number of rotatable bonds is 3. The van der Waals surface area contributed by atoms with Crippen molar-refractivity contribution >= 4 is 17.0 Å². The number of hydrogen-bond acceptors (Lipinski definition) is 2. The zero-order valence-corrected chi connectivity index (χ0v) is 10.8. The van der Waals surface area contributed by atoms with Crippen LogP contribution in [-0.2, 0) is 6.54 Å². The Kier molecular flexibility index (Phi) is 4.19. The molecular weight excluding hydrogens is 226 g/mol. The fourth-order valence-electron chi connectivity index (χ4n) is 1.56. The molecule has 1 rings (SSSR count). The summed E-state index contributed by atoms with van der Waals surface area (Å²) in [5.74, 6) is 0.862. The van der Waals surface area contributed by atoms with Crippen LogP contribution in [0, 0.1) is 13.8 Å². The third-order valence-corrected chi connectivity index (χ3v) is 2.85. The van der Waals surface area contributed by atoms with Crippen LogP contribution in [-0.4, -0.2) is 24.4 Å². The highest BCUT2D eigenvalue weighted by molar-refractivity contribution is 6.62. The third-order valence-electron chi connectivity index (χ3n) is 2.56. The van der Waals surface area contributed by atoms with Gasteiger partial charge in [0, 0.05) is 13.6 Å². The number of hydrogen-bond donors (Lipinski definition) is 0. The van der Waals surface area contributed by atoms with Gasteiger partial charge in [-0.05, 0) is 48.2 Å². The van der Waals surface area contributed by atoms with Gasteiger partial charge in [0.2, 0.25) is 0 Å². The maximum absolute atomic E-state index is 10.9. The summed E-state index contributed by atoms with van der Waals surface area (Å²) in [4.78, 5) is 12.4. The predicted molar refractivity (Wildman–Crippen MR) is 65.2 cm³/mol. The molecule has 88 valence electrons. The van der Waals surface area contributed by atoms with Crippen LogP contribution in [0.5, 0.6) is 5.75 Å². The number of ether oxygens (including phenoxy) is 1. The molecule has 1 aromatic carbocycles. The lowest BCUT2D eigenvalue weighted by atomic mass is 10.0. The molecule has 1 aromatic rings. The number of aryl methyl sites for hydroxylation is 2. The van der Waals surface area contributed by atoms with E-state index in [0.29, 0.717) is 6.54 Å². The van der Waals surface area contributed by atoms with Crippen molar-refractivity contribution in [2.75, 3.05) is 14.2 Å². The summed E-state index contributed by atoms with van der Waals surface area (Å²) < 4.78 is 5.23. The molecule has 0 N–H and O–H groups in total. The molecule has 0 aromatic heterocycles. The van der Waals surface area contributed by atoms with E-state index in [9.17, 15) is 4.79 Å². The van der Waals surface area contributed by atoms with E-state index in [0.717, 1.165) is 22.4 Å². The molecule has 0 atom stereocenters. The molecule has 1 amide bonds. The van der Waals surface area contributed by atoms with E-state index >= 15 is 0 Å². The standard InChI is InChI=1S/C12H16ClNO2/c1-8-6-11(16-4)9(2)5-10(8)7-14(3)12(13)15/h5-6H,7H2,1-4H3. The Hall–Kier alpha value is -1.22. The topological polar surface area (TPSA) is 29.5 Å². The Morgan fingerprint density at radius 2 is 2.00 bits per heavy atom. The van der Waals surface area contributed by atoms with Gasteiger partial charge >= 0.3 is 5.37 Å². The van der Waals surface area contributed by atoms with E-state index in [1.54, 1.807) is 14.2 Å². The molecule has 0 saturated heterocycles. The van der Waals surface area contributed by atoms with Crippen molar-refractivity contribution in [2.45, 2.75) is 20.4 Å². The van der Waals surface area contributed by atoms with Gasteiger partial charge in [-0.3, -0.25) is 4.79 Å². The molecule has 0 spiro atoms. The number of carbonyl (C=O) groups is 1. The second-order valence-corrected chi connectivity index (χ2v) is 4.18. The molecule has 0 saturated carbocycles. The molecule has 0 aliphatic heterocycles. The Morgan fingerprint density at radius 1 is 1.38 bits per heavy atom. The summed E-state index contributed by atoms with van der Waals surface area (Å²) in [6, 6.07) is 3.99. The lowest BCUT2D eigenvalue weighted by molar-refractivity contribution is 0.230. The average Bonchev–Trinajstić information content (AvgIpc) is 2.22. The zero-order valence-electron chi connectivity index (χ0n) is 10.0. The molecule has 0 radical (unpaired) electrons. The molecule has 0 aliphatic rings. The van der Waals surface area contributed by atoms with Crippen LogP contribution < -0.4 is 4.74 Å². The Bertz CT molecular complexity index is 404. The van der Waals surface area contributed by atoms with E-state index in [4.69, 9.17) is 16.3 Å². The molecule has 0 bridgehead atoms. The van der Waals surface area contributed by atoms with Crippen molar-refractivity contribution in [3.05, 3.63) is 28.8 Å². The minimum absolute atomic E-state index is 0.451. The van der Waals surface area contributed by atoms with Gasteiger partial charge in [0.15, 0.2) is 0 Å². The fraction of sp³-hybridized carbons (Fsp3) is 0.417. The third kappa shape index (κ3) is 2.89. The molecule has 16 heavy (non-hydrogen) atoms. The Balaban J connectivity index is 2.98. The van der Waals surface area contributed by atoms with Gasteiger partial charge in [-0.15, -0.1) is 0 Å². The van der Waals surface area contributed by atoms with Gasteiger partial charge in [-0.2, -0.15) is 0 Å². The first kappa shape index (κ1) is 12.8. The maximum Gasteiger partial charge on any atom is 0.316 e. The van der Waals surface area contributed by atoms with Crippen LogP contribution in [0.3, 0.4) is 0 Å². The van der Waals surface area contributed by atoms with E-state index in [2.05, 4.69) is 0 Å². The van der Waals surface area contributed by atoms with Crippen LogP contribution in [0.4, 0.5) is 4.79 Å². The summed E-state index contributed by atoms with van der Waals surface area (Å²) in [7, 11) is 3.32. The average molecular weight is 242 g/mol. The first-order valence-electron chi connectivity index (χ1n) is 5.00. The van der Waals surface area contributed by atoms with E-state index < -0.39 is 5.37 Å². The second-order valence-electron chi connectivity index (χ2n) is 3.86. The highest BCUT2D eigenvalue weighted by atomic mass is 35.5. The molecule has 0 aliphatic carbocycles. The number of nitrogens with zero attached hydrogens (tertiary/aromatic N) is 1. The first-order valence-corrected chi connectivity index (χ1v) is 5.38. The van der Waals surface area contributed by atoms with E-state index in [-0.39, 0.29) is 0 Å².